The van der Waals surface area contributed by atoms with Crippen LogP contribution in [0.3, 0.4) is 0 Å². The van der Waals surface area contributed by atoms with E-state index in [0.29, 0.717) is 11.5 Å². The minimum atomic E-state index is -0.931. The Kier molecular flexibility index (Phi) is 4.73. The molecular weight excluding hydrogens is 333 g/mol. The molecule has 2 N–H and O–H groups in total. The fourth-order valence-corrected chi connectivity index (χ4v) is 2.30. The molecule has 24 heavy (non-hydrogen) atoms. The van der Waals surface area contributed by atoms with Crippen LogP contribution < -0.4 is 5.32 Å². The highest BCUT2D eigenvalue weighted by Crippen LogP contribution is 2.21. The molecule has 1 aromatic heterocycles. The molecule has 6 nitrogen and oxygen atoms in total. The van der Waals surface area contributed by atoms with E-state index in [2.05, 4.69) is 20.8 Å². The van der Waals surface area contributed by atoms with Crippen LogP contribution in [0.25, 0.3) is 5.69 Å². The number of halogens is 2. The van der Waals surface area contributed by atoms with Crippen LogP contribution in [0.5, 0.6) is 0 Å². The molecule has 0 spiro atoms. The van der Waals surface area contributed by atoms with Crippen molar-refractivity contribution in [2.45, 2.75) is 13.0 Å². The molecule has 0 radical (unpaired) electrons. The van der Waals surface area contributed by atoms with Crippen LogP contribution in [-0.2, 0) is 0 Å². The van der Waals surface area contributed by atoms with Crippen molar-refractivity contribution in [1.82, 2.24) is 20.2 Å². The summed E-state index contributed by atoms with van der Waals surface area (Å²) in [6.07, 6.45) is -0.931. The number of tetrazole rings is 1. The highest BCUT2D eigenvalue weighted by molar-refractivity contribution is 6.30. The maximum Gasteiger partial charge on any atom is 0.247 e. The first-order valence-electron chi connectivity index (χ1n) is 7.27. The molecule has 3 rings (SSSR count). The Morgan fingerprint density at radius 3 is 2.71 bits per heavy atom. The lowest BCUT2D eigenvalue weighted by molar-refractivity contribution is 0.191. The van der Waals surface area contributed by atoms with Gasteiger partial charge in [0, 0.05) is 6.54 Å². The number of hydrogen-bond acceptors (Lipinski definition) is 5. The van der Waals surface area contributed by atoms with E-state index in [1.54, 1.807) is 6.07 Å². The van der Waals surface area contributed by atoms with E-state index in [0.717, 1.165) is 11.3 Å². The molecule has 2 aromatic carbocycles. The molecule has 1 unspecified atom stereocenters. The SMILES string of the molecule is Cc1ccc(-n2nnnc2NCC(O)c2ccc(Cl)c(F)c2)cc1. The number of aromatic nitrogens is 4. The Labute approximate surface area is 142 Å². The summed E-state index contributed by atoms with van der Waals surface area (Å²) in [5.41, 5.74) is 2.33. The van der Waals surface area contributed by atoms with Gasteiger partial charge in [-0.1, -0.05) is 40.5 Å². The Balaban J connectivity index is 1.72. The average molecular weight is 348 g/mol. The number of rotatable bonds is 5. The third-order valence-corrected chi connectivity index (χ3v) is 3.84. The van der Waals surface area contributed by atoms with Crippen LogP contribution in [0.4, 0.5) is 10.3 Å². The van der Waals surface area contributed by atoms with E-state index < -0.39 is 11.9 Å². The molecule has 0 aliphatic carbocycles. The summed E-state index contributed by atoms with van der Waals surface area (Å²) < 4.78 is 15.0. The van der Waals surface area contributed by atoms with Gasteiger partial charge >= 0.3 is 0 Å². The van der Waals surface area contributed by atoms with Crippen molar-refractivity contribution in [2.24, 2.45) is 0 Å². The van der Waals surface area contributed by atoms with Gasteiger partial charge in [0.05, 0.1) is 16.8 Å². The monoisotopic (exact) mass is 347 g/mol. The number of hydrogen-bond donors (Lipinski definition) is 2. The summed E-state index contributed by atoms with van der Waals surface area (Å²) >= 11 is 5.64. The van der Waals surface area contributed by atoms with Crippen LogP contribution >= 0.6 is 11.6 Å². The predicted molar refractivity (Wildman–Crippen MR) is 88.8 cm³/mol. The molecule has 0 amide bonds. The molecule has 8 heteroatoms. The van der Waals surface area contributed by atoms with Gasteiger partial charge in [0.25, 0.3) is 0 Å². The van der Waals surface area contributed by atoms with Crippen LogP contribution in [-0.4, -0.2) is 31.9 Å². The number of aliphatic hydroxyl groups excluding tert-OH is 1. The smallest absolute Gasteiger partial charge is 0.247 e. The Morgan fingerprint density at radius 2 is 2.00 bits per heavy atom. The number of anilines is 1. The number of aliphatic hydroxyl groups is 1. The molecule has 0 aliphatic heterocycles. The van der Waals surface area contributed by atoms with Crippen molar-refractivity contribution in [3.05, 3.63) is 64.4 Å². The minimum absolute atomic E-state index is 0.0159. The Bertz CT molecular complexity index is 837. The molecule has 0 fully saturated rings. The van der Waals surface area contributed by atoms with Crippen molar-refractivity contribution < 1.29 is 9.50 Å². The van der Waals surface area contributed by atoms with Crippen LogP contribution in [0, 0.1) is 12.7 Å². The third-order valence-electron chi connectivity index (χ3n) is 3.53. The summed E-state index contributed by atoms with van der Waals surface area (Å²) in [5, 5.41) is 24.6. The summed E-state index contributed by atoms with van der Waals surface area (Å²) in [6, 6.07) is 11.9. The topological polar surface area (TPSA) is 75.9 Å². The standard InChI is InChI=1S/C16H15ClFN5O/c1-10-2-5-12(6-3-10)23-16(20-21-22-23)19-9-15(24)11-4-7-13(17)14(18)8-11/h2-8,15,24H,9H2,1H3,(H,19,20,22). The Hall–Kier alpha value is -2.51. The van der Waals surface area contributed by atoms with Gasteiger partial charge in [-0.2, -0.15) is 4.68 Å². The lowest BCUT2D eigenvalue weighted by atomic mass is 10.1. The van der Waals surface area contributed by atoms with Crippen molar-refractivity contribution in [1.29, 1.82) is 0 Å². The number of nitrogens with one attached hydrogen (secondary N) is 1. The second-order valence-electron chi connectivity index (χ2n) is 5.32. The maximum absolute atomic E-state index is 13.5. The van der Waals surface area contributed by atoms with Gasteiger partial charge in [-0.15, -0.1) is 0 Å². The normalized spacial score (nSPS) is 12.2. The largest absolute Gasteiger partial charge is 0.387 e. The lowest BCUT2D eigenvalue weighted by Gasteiger charge is -2.13. The molecule has 0 saturated heterocycles. The highest BCUT2D eigenvalue weighted by Gasteiger charge is 2.13. The molecular formula is C16H15ClFN5O. The first-order valence-corrected chi connectivity index (χ1v) is 7.64. The van der Waals surface area contributed by atoms with Gasteiger partial charge in [-0.25, -0.2) is 4.39 Å². The molecule has 1 heterocycles. The first-order chi connectivity index (χ1) is 11.5. The highest BCUT2D eigenvalue weighted by atomic mass is 35.5. The summed E-state index contributed by atoms with van der Waals surface area (Å²) in [6.45, 7) is 2.11. The summed E-state index contributed by atoms with van der Waals surface area (Å²) in [7, 11) is 0. The van der Waals surface area contributed by atoms with Crippen molar-refractivity contribution in [3.63, 3.8) is 0 Å². The van der Waals surface area contributed by atoms with Gasteiger partial charge in [0.2, 0.25) is 5.95 Å². The molecule has 1 atom stereocenters. The second kappa shape index (κ2) is 6.94. The number of nitrogens with zero attached hydrogens (tertiary/aromatic N) is 4. The zero-order valence-corrected chi connectivity index (χ0v) is 13.6. The van der Waals surface area contributed by atoms with Gasteiger partial charge < -0.3 is 10.4 Å². The van der Waals surface area contributed by atoms with Gasteiger partial charge in [0.1, 0.15) is 5.82 Å². The average Bonchev–Trinajstić information content (AvgIpc) is 3.04. The van der Waals surface area contributed by atoms with E-state index in [1.165, 1.54) is 16.8 Å². The summed E-state index contributed by atoms with van der Waals surface area (Å²) in [5.74, 6) is -0.190. The van der Waals surface area contributed by atoms with E-state index >= 15 is 0 Å². The lowest BCUT2D eigenvalue weighted by Crippen LogP contribution is -2.15. The minimum Gasteiger partial charge on any atom is -0.387 e. The number of benzene rings is 2. The molecule has 0 aliphatic rings. The zero-order chi connectivity index (χ0) is 17.1. The fraction of sp³-hybridized carbons (Fsp3) is 0.188. The van der Waals surface area contributed by atoms with Crippen LogP contribution in [0.1, 0.15) is 17.2 Å². The molecule has 0 bridgehead atoms. The van der Waals surface area contributed by atoms with E-state index in [4.69, 9.17) is 11.6 Å². The van der Waals surface area contributed by atoms with Gasteiger partial charge in [0.15, 0.2) is 0 Å². The van der Waals surface area contributed by atoms with Gasteiger partial charge in [-0.3, -0.25) is 0 Å². The third kappa shape index (κ3) is 3.52. The first kappa shape index (κ1) is 16.4. The van der Waals surface area contributed by atoms with E-state index in [1.807, 2.05) is 31.2 Å². The van der Waals surface area contributed by atoms with E-state index in [9.17, 15) is 9.50 Å². The van der Waals surface area contributed by atoms with Crippen LogP contribution in [0.15, 0.2) is 42.5 Å². The fourth-order valence-electron chi connectivity index (χ4n) is 2.18. The molecule has 0 saturated carbocycles. The van der Waals surface area contributed by atoms with Crippen molar-refractivity contribution >= 4 is 17.5 Å². The second-order valence-corrected chi connectivity index (χ2v) is 5.73. The van der Waals surface area contributed by atoms with Crippen LogP contribution in [0.2, 0.25) is 5.02 Å². The molecule has 3 aromatic rings. The van der Waals surface area contributed by atoms with E-state index in [-0.39, 0.29) is 11.6 Å². The van der Waals surface area contributed by atoms with Crippen molar-refractivity contribution in [3.8, 4) is 5.69 Å². The number of aryl methyl sites for hydroxylation is 1. The molecule has 124 valence electrons. The Morgan fingerprint density at radius 1 is 1.25 bits per heavy atom. The van der Waals surface area contributed by atoms with Crippen molar-refractivity contribution in [2.75, 3.05) is 11.9 Å². The van der Waals surface area contributed by atoms with Gasteiger partial charge in [-0.05, 0) is 47.2 Å². The predicted octanol–water partition coefficient (Wildman–Crippen LogP) is 2.91. The quantitative estimate of drug-likeness (QED) is 0.742. The zero-order valence-electron chi connectivity index (χ0n) is 12.8. The maximum atomic E-state index is 13.5. The summed E-state index contributed by atoms with van der Waals surface area (Å²) in [4.78, 5) is 0.